The smallest absolute Gasteiger partial charge is 0.268 e. The van der Waals surface area contributed by atoms with E-state index in [1.807, 2.05) is 24.3 Å². The summed E-state index contributed by atoms with van der Waals surface area (Å²) in [6.45, 7) is 9.36. The Balaban J connectivity index is 1.70. The first-order valence-electron chi connectivity index (χ1n) is 12.5. The van der Waals surface area contributed by atoms with Gasteiger partial charge in [0.1, 0.15) is 5.69 Å². The molecular weight excluding hydrogens is 532 g/mol. The molecule has 0 aliphatic carbocycles. The van der Waals surface area contributed by atoms with Crippen molar-refractivity contribution in [3.8, 4) is 0 Å². The molecule has 0 bridgehead atoms. The second-order valence-electron chi connectivity index (χ2n) is 8.95. The number of amides is 2. The maximum Gasteiger partial charge on any atom is 0.268 e. The minimum absolute atomic E-state index is 0.213. The highest BCUT2D eigenvalue weighted by atomic mass is 79.9. The van der Waals surface area contributed by atoms with E-state index in [0.717, 1.165) is 36.1 Å². The molecule has 0 saturated heterocycles. The van der Waals surface area contributed by atoms with E-state index in [1.54, 1.807) is 37.3 Å². The maximum atomic E-state index is 13.6. The Morgan fingerprint density at radius 2 is 1.81 bits per heavy atom. The van der Waals surface area contributed by atoms with Crippen LogP contribution in [0.1, 0.15) is 63.5 Å². The van der Waals surface area contributed by atoms with Crippen molar-refractivity contribution in [3.05, 3.63) is 86.6 Å². The van der Waals surface area contributed by atoms with Gasteiger partial charge in [0, 0.05) is 27.8 Å². The summed E-state index contributed by atoms with van der Waals surface area (Å²) in [5.74, 6) is -0.752. The molecule has 8 heteroatoms. The maximum absolute atomic E-state index is 13.6. The number of rotatable bonds is 10. The number of carbonyl (C=O) groups excluding carboxylic acids is 3. The van der Waals surface area contributed by atoms with E-state index in [1.165, 1.54) is 0 Å². The Labute approximate surface area is 225 Å². The summed E-state index contributed by atoms with van der Waals surface area (Å²) in [5, 5.41) is 5.84. The fourth-order valence-corrected chi connectivity index (χ4v) is 4.92. The molecule has 0 radical (unpaired) electrons. The highest BCUT2D eigenvalue weighted by Crippen LogP contribution is 2.36. The van der Waals surface area contributed by atoms with E-state index in [4.69, 9.17) is 0 Å². The average Bonchev–Trinajstić information content (AvgIpc) is 3.39. The van der Waals surface area contributed by atoms with Crippen molar-refractivity contribution in [3.63, 3.8) is 0 Å². The third kappa shape index (κ3) is 5.76. The fourth-order valence-electron chi connectivity index (χ4n) is 4.56. The van der Waals surface area contributed by atoms with Crippen LogP contribution in [0.25, 0.3) is 11.6 Å². The summed E-state index contributed by atoms with van der Waals surface area (Å²) in [6, 6.07) is 14.5. The molecule has 0 fully saturated rings. The van der Waals surface area contributed by atoms with E-state index in [2.05, 4.69) is 50.3 Å². The minimum Gasteiger partial charge on any atom is -0.351 e. The Kier molecular flexibility index (Phi) is 8.41. The van der Waals surface area contributed by atoms with Gasteiger partial charge in [0.15, 0.2) is 5.78 Å². The number of halogens is 1. The van der Waals surface area contributed by atoms with Gasteiger partial charge in [-0.25, -0.2) is 0 Å². The van der Waals surface area contributed by atoms with Crippen LogP contribution in [0.3, 0.4) is 0 Å². The average molecular weight is 563 g/mol. The number of fused-ring (bicyclic) bond motifs is 1. The summed E-state index contributed by atoms with van der Waals surface area (Å²) in [6.07, 6.45) is 2.49. The van der Waals surface area contributed by atoms with Crippen molar-refractivity contribution in [2.45, 2.75) is 27.2 Å². The molecule has 1 aliphatic rings. The molecule has 0 spiro atoms. The van der Waals surface area contributed by atoms with Gasteiger partial charge in [-0.15, -0.1) is 0 Å². The highest BCUT2D eigenvalue weighted by Gasteiger charge is 2.28. The number of hydrogen-bond donors (Lipinski definition) is 3. The zero-order valence-electron chi connectivity index (χ0n) is 21.3. The third-order valence-corrected chi connectivity index (χ3v) is 7.15. The second kappa shape index (κ2) is 11.7. The molecule has 3 aromatic rings. The normalized spacial score (nSPS) is 13.6. The van der Waals surface area contributed by atoms with Crippen LogP contribution < -0.4 is 10.6 Å². The summed E-state index contributed by atoms with van der Waals surface area (Å²) in [7, 11) is 0. The van der Waals surface area contributed by atoms with E-state index >= 15 is 0 Å². The van der Waals surface area contributed by atoms with Crippen LogP contribution >= 0.6 is 15.9 Å². The van der Waals surface area contributed by atoms with Crippen LogP contribution in [0, 0.1) is 6.92 Å². The number of nitrogens with one attached hydrogen (secondary N) is 3. The molecule has 4 rings (SSSR count). The van der Waals surface area contributed by atoms with Crippen molar-refractivity contribution in [1.82, 2.24) is 15.2 Å². The highest BCUT2D eigenvalue weighted by molar-refractivity contribution is 9.10. The number of hydrogen-bond acceptors (Lipinski definition) is 4. The van der Waals surface area contributed by atoms with Gasteiger partial charge in [0.05, 0.1) is 16.8 Å². The van der Waals surface area contributed by atoms with E-state index in [0.29, 0.717) is 45.9 Å². The first-order chi connectivity index (χ1) is 17.8. The molecule has 192 valence electrons. The Hall–Kier alpha value is -3.49. The Bertz CT molecular complexity index is 1360. The van der Waals surface area contributed by atoms with Crippen molar-refractivity contribution in [1.29, 1.82) is 0 Å². The largest absolute Gasteiger partial charge is 0.351 e. The lowest BCUT2D eigenvalue weighted by atomic mass is 9.97. The second-order valence-corrected chi connectivity index (χ2v) is 9.86. The predicted octanol–water partition coefficient (Wildman–Crippen LogP) is 5.27. The molecule has 0 unspecified atom stereocenters. The van der Waals surface area contributed by atoms with E-state index in [-0.39, 0.29) is 17.6 Å². The molecule has 2 heterocycles. The van der Waals surface area contributed by atoms with Gasteiger partial charge in [-0.05, 0) is 62.8 Å². The number of benzene rings is 2. The van der Waals surface area contributed by atoms with Gasteiger partial charge < -0.3 is 20.5 Å². The molecule has 7 nitrogen and oxygen atoms in total. The number of H-pyrrole nitrogens is 1. The van der Waals surface area contributed by atoms with Crippen molar-refractivity contribution >= 4 is 50.9 Å². The number of anilines is 1. The molecule has 2 aromatic carbocycles. The van der Waals surface area contributed by atoms with E-state index < -0.39 is 0 Å². The molecule has 1 aromatic heterocycles. The minimum atomic E-state index is -0.275. The van der Waals surface area contributed by atoms with Gasteiger partial charge >= 0.3 is 0 Å². The van der Waals surface area contributed by atoms with Crippen LogP contribution in [0.2, 0.25) is 0 Å². The topological polar surface area (TPSA) is 94.3 Å². The predicted molar refractivity (Wildman–Crippen MR) is 151 cm³/mol. The standard InChI is InChI=1S/C29H31BrN4O3/c1-4-34(5-2)15-9-14-31-29(37)26-18(3)25(27(35)19-10-7-6-8-11-19)24(32-26)17-22-21-16-20(30)12-13-23(21)33-28(22)36/h6-8,10-13,16-17,32H,4-5,9,14-15H2,1-3H3,(H,31,37)(H,33,36)/b22-17-. The lowest BCUT2D eigenvalue weighted by molar-refractivity contribution is -0.110. The number of nitrogens with zero attached hydrogens (tertiary/aromatic N) is 1. The fraction of sp³-hybridized carbons (Fsp3) is 0.276. The zero-order chi connectivity index (χ0) is 26.5. The van der Waals surface area contributed by atoms with Crippen LogP contribution in [0.4, 0.5) is 5.69 Å². The molecule has 2 amide bonds. The van der Waals surface area contributed by atoms with Crippen LogP contribution in [-0.2, 0) is 4.79 Å². The number of aromatic amines is 1. The summed E-state index contributed by atoms with van der Waals surface area (Å²) in [4.78, 5) is 45.0. The number of aromatic nitrogens is 1. The summed E-state index contributed by atoms with van der Waals surface area (Å²) < 4.78 is 0.835. The van der Waals surface area contributed by atoms with E-state index in [9.17, 15) is 14.4 Å². The summed E-state index contributed by atoms with van der Waals surface area (Å²) >= 11 is 3.46. The molecule has 3 N–H and O–H groups in total. The quantitative estimate of drug-likeness (QED) is 0.178. The van der Waals surface area contributed by atoms with Crippen molar-refractivity contribution in [2.75, 3.05) is 31.5 Å². The number of ketones is 1. The van der Waals surface area contributed by atoms with Gasteiger partial charge in [-0.2, -0.15) is 0 Å². The van der Waals surface area contributed by atoms with Gasteiger partial charge in [-0.3, -0.25) is 14.4 Å². The molecule has 1 aliphatic heterocycles. The lowest BCUT2D eigenvalue weighted by Gasteiger charge is -2.17. The van der Waals surface area contributed by atoms with Gasteiger partial charge in [-0.1, -0.05) is 60.1 Å². The van der Waals surface area contributed by atoms with Gasteiger partial charge in [0.25, 0.3) is 11.8 Å². The molecule has 0 atom stereocenters. The summed E-state index contributed by atoms with van der Waals surface area (Å²) in [5.41, 5.74) is 4.04. The number of carbonyl (C=O) groups is 3. The third-order valence-electron chi connectivity index (χ3n) is 6.65. The van der Waals surface area contributed by atoms with Crippen molar-refractivity contribution < 1.29 is 14.4 Å². The van der Waals surface area contributed by atoms with Crippen LogP contribution in [0.15, 0.2) is 53.0 Å². The molecule has 0 saturated carbocycles. The Morgan fingerprint density at radius 1 is 1.08 bits per heavy atom. The molecular formula is C29H31BrN4O3. The first kappa shape index (κ1) is 26.6. The first-order valence-corrected chi connectivity index (χ1v) is 13.3. The molecule has 37 heavy (non-hydrogen) atoms. The monoisotopic (exact) mass is 562 g/mol. The van der Waals surface area contributed by atoms with Crippen LogP contribution in [-0.4, -0.2) is 53.7 Å². The SMILES string of the molecule is CCN(CC)CCCNC(=O)c1[nH]c(/C=C2\C(=O)Nc3ccc(Br)cc32)c(C(=O)c2ccccc2)c1C. The van der Waals surface area contributed by atoms with Gasteiger partial charge in [0.2, 0.25) is 0 Å². The van der Waals surface area contributed by atoms with Crippen molar-refractivity contribution in [2.24, 2.45) is 0 Å². The zero-order valence-corrected chi connectivity index (χ0v) is 22.9. The lowest BCUT2D eigenvalue weighted by Crippen LogP contribution is -2.30. The van der Waals surface area contributed by atoms with Crippen LogP contribution in [0.5, 0.6) is 0 Å². The Morgan fingerprint density at radius 3 is 2.51 bits per heavy atom.